The highest BCUT2D eigenvalue weighted by molar-refractivity contribution is 7.93. The Morgan fingerprint density at radius 1 is 1.23 bits per heavy atom. The molecular formula is C22H30N4O4S. The Balaban J connectivity index is 1.55. The molecule has 1 unspecified atom stereocenters. The van der Waals surface area contributed by atoms with E-state index in [9.17, 15) is 13.2 Å². The van der Waals surface area contributed by atoms with Gasteiger partial charge in [-0.2, -0.15) is 5.10 Å². The quantitative estimate of drug-likeness (QED) is 0.676. The van der Waals surface area contributed by atoms with E-state index in [4.69, 9.17) is 4.74 Å². The number of allylic oxidation sites excluding steroid dienone is 1. The number of aryl methyl sites for hydroxylation is 2. The molecule has 2 aliphatic carbocycles. The molecule has 168 valence electrons. The third kappa shape index (κ3) is 4.15. The van der Waals surface area contributed by atoms with Crippen LogP contribution >= 0.6 is 0 Å². The van der Waals surface area contributed by atoms with Gasteiger partial charge in [0.05, 0.1) is 13.2 Å². The van der Waals surface area contributed by atoms with Crippen molar-refractivity contribution in [2.75, 3.05) is 18.5 Å². The number of nitrogens with one attached hydrogen (secondary N) is 2. The first-order valence-electron chi connectivity index (χ1n) is 10.9. The van der Waals surface area contributed by atoms with Crippen molar-refractivity contribution in [2.24, 2.45) is 11.0 Å². The number of ether oxygens (including phenoxy) is 1. The Morgan fingerprint density at radius 3 is 2.45 bits per heavy atom. The maximum Gasteiger partial charge on any atom is 0.333 e. The second kappa shape index (κ2) is 8.53. The van der Waals surface area contributed by atoms with E-state index in [1.54, 1.807) is 0 Å². The zero-order valence-corrected chi connectivity index (χ0v) is 19.0. The van der Waals surface area contributed by atoms with Crippen molar-refractivity contribution < 1.29 is 17.9 Å². The lowest BCUT2D eigenvalue weighted by Crippen LogP contribution is -2.39. The first-order chi connectivity index (χ1) is 14.8. The van der Waals surface area contributed by atoms with Crippen LogP contribution in [0.25, 0.3) is 0 Å². The van der Waals surface area contributed by atoms with Crippen molar-refractivity contribution in [2.45, 2.75) is 58.8 Å². The lowest BCUT2D eigenvalue weighted by Gasteiger charge is -2.33. The van der Waals surface area contributed by atoms with Crippen molar-refractivity contribution in [3.8, 4) is 0 Å². The molecule has 1 aromatic rings. The standard InChI is InChI=1S/C22H30N4O4S/c1-4-15-12-26(23-3)21(30-13-15)14(2)31(28,29)25-22(27)24-20-18-9-5-7-16(18)11-17-8-6-10-19(17)20/h11,15H,3-10,12-13H2,1-2H3,(H2,24,25,27)/b21-14-. The normalized spacial score (nSPS) is 21.7. The molecule has 1 fully saturated rings. The number of nitrogens with zero attached hydrogens (tertiary/aromatic N) is 2. The van der Waals surface area contributed by atoms with Crippen molar-refractivity contribution in [1.82, 2.24) is 9.73 Å². The van der Waals surface area contributed by atoms with Crippen molar-refractivity contribution in [3.63, 3.8) is 0 Å². The fraction of sp³-hybridized carbons (Fsp3) is 0.545. The van der Waals surface area contributed by atoms with Crippen molar-refractivity contribution >= 4 is 28.5 Å². The molecule has 0 radical (unpaired) electrons. The molecule has 0 spiro atoms. The fourth-order valence-corrected chi connectivity index (χ4v) is 5.57. The maximum absolute atomic E-state index is 12.9. The number of sulfonamides is 1. The molecule has 1 aromatic carbocycles. The Labute approximate surface area is 183 Å². The molecule has 3 aliphatic rings. The summed E-state index contributed by atoms with van der Waals surface area (Å²) >= 11 is 0. The third-order valence-electron chi connectivity index (χ3n) is 6.51. The molecule has 2 amide bonds. The number of carbonyl (C=O) groups excluding carboxylic acids is 1. The van der Waals surface area contributed by atoms with Gasteiger partial charge in [-0.15, -0.1) is 0 Å². The van der Waals surface area contributed by atoms with Crippen LogP contribution in [0.3, 0.4) is 0 Å². The minimum atomic E-state index is -4.11. The van der Waals surface area contributed by atoms with Gasteiger partial charge in [0.15, 0.2) is 0 Å². The monoisotopic (exact) mass is 446 g/mol. The molecule has 9 heteroatoms. The van der Waals surface area contributed by atoms with E-state index in [0.717, 1.165) is 61.8 Å². The predicted molar refractivity (Wildman–Crippen MR) is 120 cm³/mol. The van der Waals surface area contributed by atoms with E-state index in [-0.39, 0.29) is 16.7 Å². The summed E-state index contributed by atoms with van der Waals surface area (Å²) in [5.41, 5.74) is 5.63. The van der Waals surface area contributed by atoms with Gasteiger partial charge >= 0.3 is 6.03 Å². The van der Waals surface area contributed by atoms with E-state index < -0.39 is 16.1 Å². The van der Waals surface area contributed by atoms with Crippen molar-refractivity contribution in [1.29, 1.82) is 0 Å². The lowest BCUT2D eigenvalue weighted by molar-refractivity contribution is 0.0233. The fourth-order valence-electron chi connectivity index (χ4n) is 4.72. The molecule has 1 saturated heterocycles. The molecule has 8 nitrogen and oxygen atoms in total. The summed E-state index contributed by atoms with van der Waals surface area (Å²) < 4.78 is 33.6. The Hall–Kier alpha value is -2.55. The van der Waals surface area contributed by atoms with Gasteiger partial charge < -0.3 is 10.1 Å². The second-order valence-corrected chi connectivity index (χ2v) is 10.3. The molecule has 2 N–H and O–H groups in total. The van der Waals surface area contributed by atoms with Crippen LogP contribution in [-0.4, -0.2) is 39.3 Å². The number of hydrogen-bond acceptors (Lipinski definition) is 6. The molecule has 31 heavy (non-hydrogen) atoms. The minimum Gasteiger partial charge on any atom is -0.477 e. The van der Waals surface area contributed by atoms with Gasteiger partial charge in [0.25, 0.3) is 10.0 Å². The van der Waals surface area contributed by atoms with Gasteiger partial charge in [-0.3, -0.25) is 0 Å². The summed E-state index contributed by atoms with van der Waals surface area (Å²) in [6.07, 6.45) is 6.81. The van der Waals surface area contributed by atoms with Crippen LogP contribution in [0.15, 0.2) is 22.0 Å². The molecule has 1 heterocycles. The number of benzene rings is 1. The minimum absolute atomic E-state index is 0.0897. The smallest absolute Gasteiger partial charge is 0.333 e. The topological polar surface area (TPSA) is 100 Å². The van der Waals surface area contributed by atoms with Gasteiger partial charge in [0.2, 0.25) is 5.88 Å². The van der Waals surface area contributed by atoms with Crippen LogP contribution in [0, 0.1) is 5.92 Å². The number of anilines is 1. The highest BCUT2D eigenvalue weighted by Gasteiger charge is 2.31. The molecule has 1 aliphatic heterocycles. The SMILES string of the molecule is C=NN1CC(CC)CO/C1=C(/C)S(=O)(=O)NC(=O)Nc1c2c(cc3c1CCC3)CCC2. The largest absolute Gasteiger partial charge is 0.477 e. The van der Waals surface area contributed by atoms with Gasteiger partial charge in [0, 0.05) is 18.3 Å². The van der Waals surface area contributed by atoms with Crippen LogP contribution in [0.5, 0.6) is 0 Å². The average molecular weight is 447 g/mol. The van der Waals surface area contributed by atoms with Crippen LogP contribution < -0.4 is 10.0 Å². The highest BCUT2D eigenvalue weighted by atomic mass is 32.2. The summed E-state index contributed by atoms with van der Waals surface area (Å²) in [5.74, 6) is 0.352. The number of urea groups is 1. The van der Waals surface area contributed by atoms with Gasteiger partial charge in [-0.05, 0) is 74.1 Å². The number of fused-ring (bicyclic) bond motifs is 2. The van der Waals surface area contributed by atoms with Crippen molar-refractivity contribution in [3.05, 3.63) is 39.1 Å². The van der Waals surface area contributed by atoms with Gasteiger partial charge in [-0.1, -0.05) is 13.0 Å². The first kappa shape index (κ1) is 21.7. The van der Waals surface area contributed by atoms with E-state index >= 15 is 0 Å². The number of hydrazone groups is 1. The predicted octanol–water partition coefficient (Wildman–Crippen LogP) is 3.28. The van der Waals surface area contributed by atoms with Crippen LogP contribution in [-0.2, 0) is 40.4 Å². The zero-order chi connectivity index (χ0) is 22.2. The molecule has 0 bridgehead atoms. The van der Waals surface area contributed by atoms with E-state index in [1.165, 1.54) is 23.1 Å². The van der Waals surface area contributed by atoms with Crippen LogP contribution in [0.2, 0.25) is 0 Å². The summed E-state index contributed by atoms with van der Waals surface area (Å²) in [6.45, 7) is 7.89. The summed E-state index contributed by atoms with van der Waals surface area (Å²) in [7, 11) is -4.11. The molecule has 0 aromatic heterocycles. The lowest BCUT2D eigenvalue weighted by atomic mass is 9.99. The average Bonchev–Trinajstić information content (AvgIpc) is 3.41. The summed E-state index contributed by atoms with van der Waals surface area (Å²) in [6, 6.07) is 1.51. The number of carbonyl (C=O) groups is 1. The maximum atomic E-state index is 12.9. The molecular weight excluding hydrogens is 416 g/mol. The van der Waals surface area contributed by atoms with E-state index in [1.807, 2.05) is 6.92 Å². The van der Waals surface area contributed by atoms with Crippen LogP contribution in [0.1, 0.15) is 55.4 Å². The third-order valence-corrected chi connectivity index (χ3v) is 7.95. The number of hydrogen-bond donors (Lipinski definition) is 2. The van der Waals surface area contributed by atoms with Gasteiger partial charge in [0.1, 0.15) is 4.91 Å². The van der Waals surface area contributed by atoms with E-state index in [0.29, 0.717) is 13.2 Å². The first-order valence-corrected chi connectivity index (χ1v) is 12.4. The second-order valence-electron chi connectivity index (χ2n) is 8.46. The molecule has 4 rings (SSSR count). The zero-order valence-electron chi connectivity index (χ0n) is 18.2. The van der Waals surface area contributed by atoms with Gasteiger partial charge in [-0.25, -0.2) is 22.9 Å². The van der Waals surface area contributed by atoms with Crippen LogP contribution in [0.4, 0.5) is 10.5 Å². The summed E-state index contributed by atoms with van der Waals surface area (Å²) in [4.78, 5) is 12.7. The Bertz CT molecular complexity index is 1020. The highest BCUT2D eigenvalue weighted by Crippen LogP contribution is 2.38. The Kier molecular flexibility index (Phi) is 5.96. The van der Waals surface area contributed by atoms with E-state index in [2.05, 4.69) is 27.9 Å². The number of amides is 2. The summed E-state index contributed by atoms with van der Waals surface area (Å²) in [5, 5.41) is 8.20. The molecule has 0 saturated carbocycles. The molecule has 1 atom stereocenters. The number of rotatable bonds is 5. The Morgan fingerprint density at radius 2 is 1.87 bits per heavy atom.